The van der Waals surface area contributed by atoms with Crippen molar-refractivity contribution in [1.82, 2.24) is 15.2 Å². The topological polar surface area (TPSA) is 53.6 Å². The minimum Gasteiger partial charge on any atom is -0.360 e. The molecule has 0 aliphatic carbocycles. The maximum atomic E-state index is 4.93. The summed E-state index contributed by atoms with van der Waals surface area (Å²) >= 11 is 6.37. The molecule has 2 rings (SSSR count). The van der Waals surface area contributed by atoms with Crippen molar-refractivity contribution in [2.75, 3.05) is 11.9 Å². The Balaban J connectivity index is 1.83. The van der Waals surface area contributed by atoms with Crippen molar-refractivity contribution >= 4 is 28.7 Å². The summed E-state index contributed by atoms with van der Waals surface area (Å²) in [4.78, 5) is 4.05. The minimum absolute atomic E-state index is 0.693. The highest BCUT2D eigenvalue weighted by Crippen LogP contribution is 2.10. The van der Waals surface area contributed by atoms with Crippen molar-refractivity contribution in [3.63, 3.8) is 0 Å². The molecule has 0 radical (unpaired) electrons. The number of aromatic nitrogens is 3. The van der Waals surface area contributed by atoms with Gasteiger partial charge in [-0.05, 0) is 30.3 Å². The van der Waals surface area contributed by atoms with Crippen LogP contribution in [0.1, 0.15) is 5.56 Å². The van der Waals surface area contributed by atoms with Crippen molar-refractivity contribution in [2.45, 2.75) is 6.42 Å². The summed E-state index contributed by atoms with van der Waals surface area (Å²) in [5.41, 5.74) is 1.21. The fourth-order valence-corrected chi connectivity index (χ4v) is 1.98. The van der Waals surface area contributed by atoms with Gasteiger partial charge in [-0.15, -0.1) is 5.10 Å². The number of H-pyrrole nitrogens is 1. The van der Waals surface area contributed by atoms with Crippen LogP contribution in [0.5, 0.6) is 0 Å². The van der Waals surface area contributed by atoms with Crippen molar-refractivity contribution < 1.29 is 0 Å². The fourth-order valence-electron chi connectivity index (χ4n) is 1.17. The second kappa shape index (κ2) is 4.99. The summed E-state index contributed by atoms with van der Waals surface area (Å²) in [6.07, 6.45) is 4.57. The van der Waals surface area contributed by atoms with E-state index >= 15 is 0 Å². The van der Waals surface area contributed by atoms with Gasteiger partial charge in [-0.1, -0.05) is 17.4 Å². The van der Waals surface area contributed by atoms with E-state index in [0.717, 1.165) is 18.1 Å². The predicted octanol–water partition coefficient (Wildman–Crippen LogP) is 2.25. The van der Waals surface area contributed by atoms with Gasteiger partial charge in [-0.25, -0.2) is 0 Å². The van der Waals surface area contributed by atoms with Crippen molar-refractivity contribution in [3.05, 3.63) is 34.0 Å². The molecule has 0 bridgehead atoms. The van der Waals surface area contributed by atoms with E-state index < -0.39 is 0 Å². The molecule has 2 aromatic rings. The lowest BCUT2D eigenvalue weighted by molar-refractivity contribution is 0.983. The van der Waals surface area contributed by atoms with Crippen LogP contribution in [0.4, 0.5) is 5.13 Å². The van der Waals surface area contributed by atoms with Crippen LogP contribution in [0.2, 0.25) is 0 Å². The number of anilines is 1. The Morgan fingerprint density at radius 1 is 1.53 bits per heavy atom. The Morgan fingerprint density at radius 2 is 2.47 bits per heavy atom. The quantitative estimate of drug-likeness (QED) is 0.802. The van der Waals surface area contributed by atoms with Gasteiger partial charge in [0.25, 0.3) is 0 Å². The Hall–Kier alpha value is -1.27. The Kier molecular flexibility index (Phi) is 3.41. The molecule has 4 nitrogen and oxygen atoms in total. The first-order valence-electron chi connectivity index (χ1n) is 4.53. The summed E-state index contributed by atoms with van der Waals surface area (Å²) < 4.78 is 0.693. The van der Waals surface area contributed by atoms with Crippen LogP contribution in [0.3, 0.4) is 0 Å². The Labute approximate surface area is 96.4 Å². The van der Waals surface area contributed by atoms with Crippen molar-refractivity contribution in [3.8, 4) is 0 Å². The molecule has 0 fully saturated rings. The van der Waals surface area contributed by atoms with Crippen LogP contribution in [-0.2, 0) is 6.42 Å². The molecule has 0 spiro atoms. The van der Waals surface area contributed by atoms with Gasteiger partial charge < -0.3 is 5.32 Å². The largest absolute Gasteiger partial charge is 0.360 e. The highest BCUT2D eigenvalue weighted by molar-refractivity contribution is 7.73. The van der Waals surface area contributed by atoms with Gasteiger partial charge in [-0.2, -0.15) is 0 Å². The van der Waals surface area contributed by atoms with Gasteiger partial charge in [-0.3, -0.25) is 10.1 Å². The molecule has 15 heavy (non-hydrogen) atoms. The first kappa shape index (κ1) is 10.3. The summed E-state index contributed by atoms with van der Waals surface area (Å²) in [6.45, 7) is 0.835. The zero-order valence-electron chi connectivity index (χ0n) is 7.93. The predicted molar refractivity (Wildman–Crippen MR) is 63.7 cm³/mol. The number of rotatable bonds is 4. The zero-order valence-corrected chi connectivity index (χ0v) is 9.57. The number of hydrogen-bond acceptors (Lipinski definition) is 5. The number of nitrogens with one attached hydrogen (secondary N) is 2. The van der Waals surface area contributed by atoms with E-state index in [1.807, 2.05) is 12.3 Å². The highest BCUT2D eigenvalue weighted by atomic mass is 32.1. The summed E-state index contributed by atoms with van der Waals surface area (Å²) in [5, 5.41) is 10.8. The lowest BCUT2D eigenvalue weighted by Crippen LogP contribution is -2.04. The average Bonchev–Trinajstić information content (AvgIpc) is 2.66. The van der Waals surface area contributed by atoms with Crippen molar-refractivity contribution in [2.24, 2.45) is 0 Å². The van der Waals surface area contributed by atoms with Crippen molar-refractivity contribution in [1.29, 1.82) is 0 Å². The van der Waals surface area contributed by atoms with Crippen LogP contribution in [-0.4, -0.2) is 21.7 Å². The average molecular weight is 238 g/mol. The van der Waals surface area contributed by atoms with Gasteiger partial charge in [0, 0.05) is 18.9 Å². The Bertz CT molecular complexity index is 462. The van der Waals surface area contributed by atoms with Gasteiger partial charge in [0.15, 0.2) is 3.95 Å². The molecular formula is C9H10N4S2. The lowest BCUT2D eigenvalue weighted by Gasteiger charge is -2.01. The lowest BCUT2D eigenvalue weighted by atomic mass is 10.2. The first-order chi connectivity index (χ1) is 7.34. The van der Waals surface area contributed by atoms with Gasteiger partial charge >= 0.3 is 0 Å². The van der Waals surface area contributed by atoms with E-state index in [9.17, 15) is 0 Å². The monoisotopic (exact) mass is 238 g/mol. The second-order valence-corrected chi connectivity index (χ2v) is 4.62. The Morgan fingerprint density at radius 3 is 3.13 bits per heavy atom. The molecular weight excluding hydrogens is 228 g/mol. The zero-order chi connectivity index (χ0) is 10.5. The maximum absolute atomic E-state index is 4.93. The van der Waals surface area contributed by atoms with Gasteiger partial charge in [0.2, 0.25) is 5.13 Å². The molecule has 6 heteroatoms. The van der Waals surface area contributed by atoms with Gasteiger partial charge in [0.1, 0.15) is 0 Å². The van der Waals surface area contributed by atoms with E-state index in [2.05, 4.69) is 26.6 Å². The SMILES string of the molecule is S=c1[nH]nc(NCCc2cccnc2)s1. The van der Waals surface area contributed by atoms with Crippen LogP contribution in [0, 0.1) is 3.95 Å². The molecule has 0 saturated carbocycles. The van der Waals surface area contributed by atoms with E-state index in [1.165, 1.54) is 16.9 Å². The fraction of sp³-hybridized carbons (Fsp3) is 0.222. The number of aromatic amines is 1. The molecule has 0 aliphatic rings. The minimum atomic E-state index is 0.693. The number of nitrogens with zero attached hydrogens (tertiary/aromatic N) is 2. The second-order valence-electron chi connectivity index (χ2n) is 2.96. The number of pyridine rings is 1. The van der Waals surface area contributed by atoms with Crippen LogP contribution >= 0.6 is 23.6 Å². The van der Waals surface area contributed by atoms with E-state index in [-0.39, 0.29) is 0 Å². The van der Waals surface area contributed by atoms with Crippen LogP contribution in [0.15, 0.2) is 24.5 Å². The molecule has 2 heterocycles. The molecule has 0 saturated heterocycles. The van der Waals surface area contributed by atoms with Crippen LogP contribution < -0.4 is 5.32 Å². The molecule has 0 aliphatic heterocycles. The smallest absolute Gasteiger partial charge is 0.204 e. The maximum Gasteiger partial charge on any atom is 0.204 e. The summed E-state index contributed by atoms with van der Waals surface area (Å²) in [5.74, 6) is 0. The molecule has 78 valence electrons. The first-order valence-corrected chi connectivity index (χ1v) is 5.75. The molecule has 2 aromatic heterocycles. The third kappa shape index (κ3) is 3.10. The molecule has 0 amide bonds. The highest BCUT2D eigenvalue weighted by Gasteiger charge is 1.96. The van der Waals surface area contributed by atoms with E-state index in [4.69, 9.17) is 12.2 Å². The standard InChI is InChI=1S/C9H10N4S2/c14-9-13-12-8(15-9)11-5-3-7-2-1-4-10-6-7/h1-2,4,6H,3,5H2,(H,11,12)(H,13,14). The third-order valence-electron chi connectivity index (χ3n) is 1.85. The number of hydrogen-bond donors (Lipinski definition) is 2. The van der Waals surface area contributed by atoms with Crippen LogP contribution in [0.25, 0.3) is 0 Å². The molecule has 2 N–H and O–H groups in total. The van der Waals surface area contributed by atoms with E-state index in [0.29, 0.717) is 3.95 Å². The van der Waals surface area contributed by atoms with E-state index in [1.54, 1.807) is 6.20 Å². The van der Waals surface area contributed by atoms with Gasteiger partial charge in [0.05, 0.1) is 0 Å². The summed E-state index contributed by atoms with van der Waals surface area (Å²) in [6, 6.07) is 4.00. The molecule has 0 unspecified atom stereocenters. The third-order valence-corrected chi connectivity index (χ3v) is 2.90. The molecule has 0 atom stereocenters. The normalized spacial score (nSPS) is 10.1. The summed E-state index contributed by atoms with van der Waals surface area (Å²) in [7, 11) is 0. The molecule has 0 aromatic carbocycles.